The molecule has 0 bridgehead atoms. The zero-order chi connectivity index (χ0) is 9.03. The van der Waals surface area contributed by atoms with Crippen molar-refractivity contribution in [2.75, 3.05) is 0 Å². The fourth-order valence-electron chi connectivity index (χ4n) is 0.830. The van der Waals surface area contributed by atoms with Crippen LogP contribution in [0.2, 0.25) is 0 Å². The summed E-state index contributed by atoms with van der Waals surface area (Å²) in [6, 6.07) is 8.88. The van der Waals surface area contributed by atoms with E-state index in [0.717, 1.165) is 5.56 Å². The van der Waals surface area contributed by atoms with Gasteiger partial charge in [-0.1, -0.05) is 30.3 Å². The molecule has 0 aliphatic rings. The lowest BCUT2D eigenvalue weighted by Crippen LogP contribution is -1.98. The molecule has 0 amide bonds. The van der Waals surface area contributed by atoms with Crippen LogP contribution in [0.5, 0.6) is 0 Å². The van der Waals surface area contributed by atoms with Crippen LogP contribution in [0.25, 0.3) is 0 Å². The predicted octanol–water partition coefficient (Wildman–Crippen LogP) is 1.22. The summed E-state index contributed by atoms with van der Waals surface area (Å²) < 4.78 is 24.9. The van der Waals surface area contributed by atoms with E-state index in [1.807, 2.05) is 6.07 Å². The van der Waals surface area contributed by atoms with Crippen LogP contribution in [0.15, 0.2) is 34.7 Å². The van der Waals surface area contributed by atoms with Crippen LogP contribution >= 0.6 is 0 Å². The standard InChI is InChI=1S/C8H9NO2S/c1-9-12(10,11)7-8-5-3-2-4-6-8/h2-6H,1,7H2. The molecule has 0 unspecified atom stereocenters. The molecular formula is C8H9NO2S. The molecule has 0 saturated carbocycles. The van der Waals surface area contributed by atoms with Gasteiger partial charge in [-0.15, -0.1) is 0 Å². The molecule has 0 radical (unpaired) electrons. The second-order valence-corrected chi connectivity index (χ2v) is 4.05. The van der Waals surface area contributed by atoms with Gasteiger partial charge >= 0.3 is 0 Å². The van der Waals surface area contributed by atoms with Crippen molar-refractivity contribution < 1.29 is 8.42 Å². The molecular weight excluding hydrogens is 174 g/mol. The molecule has 3 nitrogen and oxygen atoms in total. The quantitative estimate of drug-likeness (QED) is 0.661. The summed E-state index contributed by atoms with van der Waals surface area (Å²) >= 11 is 0. The van der Waals surface area contributed by atoms with Crippen molar-refractivity contribution in [3.63, 3.8) is 0 Å². The van der Waals surface area contributed by atoms with Crippen molar-refractivity contribution in [1.29, 1.82) is 0 Å². The van der Waals surface area contributed by atoms with Crippen LogP contribution in [0.3, 0.4) is 0 Å². The number of hydrogen-bond donors (Lipinski definition) is 0. The molecule has 0 aliphatic carbocycles. The average molecular weight is 183 g/mol. The molecule has 0 atom stereocenters. The number of rotatable bonds is 3. The molecule has 0 heterocycles. The van der Waals surface area contributed by atoms with Crippen molar-refractivity contribution in [2.45, 2.75) is 5.75 Å². The Morgan fingerprint density at radius 2 is 1.83 bits per heavy atom. The predicted molar refractivity (Wildman–Crippen MR) is 48.6 cm³/mol. The van der Waals surface area contributed by atoms with Crippen LogP contribution in [-0.2, 0) is 15.8 Å². The molecule has 64 valence electrons. The highest BCUT2D eigenvalue weighted by Gasteiger charge is 2.06. The molecule has 1 aromatic rings. The van der Waals surface area contributed by atoms with Crippen molar-refractivity contribution in [3.8, 4) is 0 Å². The summed E-state index contributed by atoms with van der Waals surface area (Å²) in [6.07, 6.45) is 0. The summed E-state index contributed by atoms with van der Waals surface area (Å²) in [7, 11) is -3.36. The van der Waals surface area contributed by atoms with E-state index < -0.39 is 10.0 Å². The summed E-state index contributed by atoms with van der Waals surface area (Å²) in [6.45, 7) is 2.99. The third-order valence-electron chi connectivity index (χ3n) is 1.39. The van der Waals surface area contributed by atoms with E-state index in [1.54, 1.807) is 24.3 Å². The van der Waals surface area contributed by atoms with E-state index in [0.29, 0.717) is 0 Å². The number of sulfonamides is 1. The van der Waals surface area contributed by atoms with Gasteiger partial charge in [-0.05, 0) is 5.56 Å². The van der Waals surface area contributed by atoms with Crippen LogP contribution in [0, 0.1) is 0 Å². The smallest absolute Gasteiger partial charge is 0.204 e. The molecule has 0 saturated heterocycles. The molecule has 0 aliphatic heterocycles. The van der Waals surface area contributed by atoms with Crippen LogP contribution < -0.4 is 0 Å². The second kappa shape index (κ2) is 3.49. The molecule has 0 aromatic heterocycles. The number of benzene rings is 1. The third kappa shape index (κ3) is 2.47. The first-order valence-corrected chi connectivity index (χ1v) is 4.99. The zero-order valence-electron chi connectivity index (χ0n) is 6.47. The Morgan fingerprint density at radius 3 is 2.33 bits per heavy atom. The van der Waals surface area contributed by atoms with Gasteiger partial charge in [0.2, 0.25) is 0 Å². The van der Waals surface area contributed by atoms with Gasteiger partial charge in [-0.25, -0.2) is 8.42 Å². The minimum atomic E-state index is -3.36. The van der Waals surface area contributed by atoms with Gasteiger partial charge in [0.1, 0.15) is 0 Å². The maximum absolute atomic E-state index is 10.9. The maximum Gasteiger partial charge on any atom is 0.256 e. The highest BCUT2D eigenvalue weighted by atomic mass is 32.2. The van der Waals surface area contributed by atoms with Crippen molar-refractivity contribution in [3.05, 3.63) is 35.9 Å². The van der Waals surface area contributed by atoms with E-state index in [4.69, 9.17) is 0 Å². The molecule has 1 rings (SSSR count). The van der Waals surface area contributed by atoms with E-state index in [-0.39, 0.29) is 5.75 Å². The largest absolute Gasteiger partial charge is 0.256 e. The summed E-state index contributed by atoms with van der Waals surface area (Å²) in [5, 5.41) is 0. The Hall–Kier alpha value is -1.16. The van der Waals surface area contributed by atoms with Gasteiger partial charge in [0.25, 0.3) is 10.0 Å². The van der Waals surface area contributed by atoms with Gasteiger partial charge in [0.05, 0.1) is 5.75 Å². The number of hydrogen-bond acceptors (Lipinski definition) is 2. The highest BCUT2D eigenvalue weighted by molar-refractivity contribution is 7.89. The maximum atomic E-state index is 10.9. The summed E-state index contributed by atoms with van der Waals surface area (Å²) in [5.74, 6) is -0.0721. The van der Waals surface area contributed by atoms with Crippen molar-refractivity contribution in [2.24, 2.45) is 4.40 Å². The third-order valence-corrected chi connectivity index (χ3v) is 2.48. The van der Waals surface area contributed by atoms with E-state index in [2.05, 4.69) is 11.1 Å². The van der Waals surface area contributed by atoms with Crippen LogP contribution in [0.4, 0.5) is 0 Å². The highest BCUT2D eigenvalue weighted by Crippen LogP contribution is 2.05. The topological polar surface area (TPSA) is 46.5 Å². The Morgan fingerprint density at radius 1 is 1.25 bits per heavy atom. The minimum absolute atomic E-state index is 0.0721. The fraction of sp³-hybridized carbons (Fsp3) is 0.125. The first-order chi connectivity index (χ1) is 5.64. The van der Waals surface area contributed by atoms with Gasteiger partial charge in [-0.2, -0.15) is 4.40 Å². The van der Waals surface area contributed by atoms with Gasteiger partial charge in [-0.3, -0.25) is 0 Å². The molecule has 0 fully saturated rings. The fourth-order valence-corrected chi connectivity index (χ4v) is 1.54. The summed E-state index contributed by atoms with van der Waals surface area (Å²) in [4.78, 5) is 0. The van der Waals surface area contributed by atoms with Gasteiger partial charge in [0.15, 0.2) is 0 Å². The molecule has 12 heavy (non-hydrogen) atoms. The van der Waals surface area contributed by atoms with Crippen molar-refractivity contribution >= 4 is 16.7 Å². The average Bonchev–Trinajstić information content (AvgIpc) is 2.06. The Labute approximate surface area is 71.8 Å². The molecule has 0 N–H and O–H groups in total. The van der Waals surface area contributed by atoms with Gasteiger partial charge < -0.3 is 0 Å². The first kappa shape index (κ1) is 8.93. The Balaban J connectivity index is 2.85. The van der Waals surface area contributed by atoms with Gasteiger partial charge in [0, 0.05) is 6.72 Å². The zero-order valence-corrected chi connectivity index (χ0v) is 7.29. The van der Waals surface area contributed by atoms with Crippen LogP contribution in [0.1, 0.15) is 5.56 Å². The van der Waals surface area contributed by atoms with Crippen molar-refractivity contribution in [1.82, 2.24) is 0 Å². The van der Waals surface area contributed by atoms with E-state index in [1.165, 1.54) is 0 Å². The Kier molecular flexibility index (Phi) is 2.60. The second-order valence-electron chi connectivity index (χ2n) is 2.34. The SMILES string of the molecule is C=NS(=O)(=O)Cc1ccccc1. The molecule has 1 aromatic carbocycles. The minimum Gasteiger partial charge on any atom is -0.204 e. The Bertz CT molecular complexity index is 356. The lowest BCUT2D eigenvalue weighted by molar-refractivity contribution is 0.597. The molecule has 4 heteroatoms. The van der Waals surface area contributed by atoms with Crippen LogP contribution in [-0.4, -0.2) is 15.1 Å². The first-order valence-electron chi connectivity index (χ1n) is 3.39. The lowest BCUT2D eigenvalue weighted by atomic mass is 10.2. The number of nitrogens with zero attached hydrogens (tertiary/aromatic N) is 1. The molecule has 0 spiro atoms. The monoisotopic (exact) mass is 183 g/mol. The lowest BCUT2D eigenvalue weighted by Gasteiger charge is -1.96. The normalized spacial score (nSPS) is 11.0. The van der Waals surface area contributed by atoms with E-state index in [9.17, 15) is 8.42 Å². The summed E-state index contributed by atoms with van der Waals surface area (Å²) in [5.41, 5.74) is 0.727. The van der Waals surface area contributed by atoms with E-state index >= 15 is 0 Å².